The van der Waals surface area contributed by atoms with E-state index in [1.54, 1.807) is 30.3 Å². The Kier molecular flexibility index (Phi) is 7.92. The highest BCUT2D eigenvalue weighted by Crippen LogP contribution is 2.42. The summed E-state index contributed by atoms with van der Waals surface area (Å²) < 4.78 is 6.28. The first-order valence-corrected chi connectivity index (χ1v) is 13.0. The molecule has 4 aromatic carbocycles. The van der Waals surface area contributed by atoms with E-state index in [1.165, 1.54) is 11.8 Å². The van der Waals surface area contributed by atoms with Gasteiger partial charge in [-0.2, -0.15) is 0 Å². The molecule has 0 bridgehead atoms. The number of thioether (sulfide) groups is 1. The van der Waals surface area contributed by atoms with E-state index in [2.05, 4.69) is 10.3 Å². The van der Waals surface area contributed by atoms with Crippen molar-refractivity contribution in [1.82, 2.24) is 5.32 Å². The summed E-state index contributed by atoms with van der Waals surface area (Å²) in [7, 11) is 0. The predicted molar refractivity (Wildman–Crippen MR) is 149 cm³/mol. The number of halogens is 3. The van der Waals surface area contributed by atoms with Crippen LogP contribution in [0.5, 0.6) is 11.5 Å². The van der Waals surface area contributed by atoms with Crippen LogP contribution < -0.4 is 10.1 Å². The van der Waals surface area contributed by atoms with Gasteiger partial charge in [-0.25, -0.2) is 4.99 Å². The molecule has 0 heterocycles. The fraction of sp³-hybridized carbons (Fsp3) is 0.111. The molecule has 0 aliphatic heterocycles. The number of ether oxygens (including phenoxy) is 1. The maximum absolute atomic E-state index is 12.7. The van der Waals surface area contributed by atoms with E-state index in [4.69, 9.17) is 39.5 Å². The predicted octanol–water partition coefficient (Wildman–Crippen LogP) is 8.99. The van der Waals surface area contributed by atoms with Gasteiger partial charge in [0, 0.05) is 15.8 Å². The Labute approximate surface area is 223 Å². The Morgan fingerprint density at radius 2 is 1.60 bits per heavy atom. The van der Waals surface area contributed by atoms with Gasteiger partial charge < -0.3 is 10.1 Å². The second kappa shape index (κ2) is 10.9. The molecular formula is C27H21Cl3N2O2S. The SMILES string of the molecule is CSC(=Nc1cc(C)c(Oc2ccc(Cl)c3ccccc23)c(Cl)c1C)NC(=O)c1ccccc1Cl. The maximum atomic E-state index is 12.7. The molecule has 0 fully saturated rings. The summed E-state index contributed by atoms with van der Waals surface area (Å²) in [5, 5.41) is 6.50. The number of hydrogen-bond donors (Lipinski definition) is 1. The molecule has 35 heavy (non-hydrogen) atoms. The van der Waals surface area contributed by atoms with Gasteiger partial charge in [0.25, 0.3) is 5.91 Å². The number of nitrogens with zero attached hydrogens (tertiary/aromatic N) is 1. The van der Waals surface area contributed by atoms with E-state index in [0.717, 1.165) is 21.9 Å². The van der Waals surface area contributed by atoms with E-state index in [1.807, 2.05) is 56.5 Å². The highest BCUT2D eigenvalue weighted by Gasteiger charge is 2.17. The van der Waals surface area contributed by atoms with Crippen LogP contribution in [0.25, 0.3) is 10.8 Å². The van der Waals surface area contributed by atoms with Crippen molar-refractivity contribution in [2.75, 3.05) is 6.26 Å². The minimum atomic E-state index is -0.334. The van der Waals surface area contributed by atoms with Crippen LogP contribution in [-0.4, -0.2) is 17.3 Å². The summed E-state index contributed by atoms with van der Waals surface area (Å²) >= 11 is 20.6. The Balaban J connectivity index is 1.67. The van der Waals surface area contributed by atoms with Crippen LogP contribution in [-0.2, 0) is 0 Å². The lowest BCUT2D eigenvalue weighted by Gasteiger charge is -2.16. The largest absolute Gasteiger partial charge is 0.455 e. The number of nitrogens with one attached hydrogen (secondary N) is 1. The zero-order valence-corrected chi connectivity index (χ0v) is 22.2. The number of aryl methyl sites for hydroxylation is 1. The molecule has 0 unspecified atom stereocenters. The number of amidine groups is 1. The van der Waals surface area contributed by atoms with Crippen molar-refractivity contribution in [2.45, 2.75) is 13.8 Å². The fourth-order valence-electron chi connectivity index (χ4n) is 3.55. The van der Waals surface area contributed by atoms with Gasteiger partial charge in [0.2, 0.25) is 0 Å². The summed E-state index contributed by atoms with van der Waals surface area (Å²) in [6, 6.07) is 20.1. The first-order valence-electron chi connectivity index (χ1n) is 10.6. The van der Waals surface area contributed by atoms with Gasteiger partial charge in [-0.1, -0.05) is 83.0 Å². The lowest BCUT2D eigenvalue weighted by molar-refractivity contribution is 0.0978. The monoisotopic (exact) mass is 542 g/mol. The number of fused-ring (bicyclic) bond motifs is 1. The number of carbonyl (C=O) groups excluding carboxylic acids is 1. The summed E-state index contributed by atoms with van der Waals surface area (Å²) in [5.41, 5.74) is 2.53. The molecule has 1 amide bonds. The molecule has 0 saturated heterocycles. The average molecular weight is 544 g/mol. The third-order valence-electron chi connectivity index (χ3n) is 5.42. The number of carbonyl (C=O) groups is 1. The molecule has 0 spiro atoms. The summed E-state index contributed by atoms with van der Waals surface area (Å²) in [5.74, 6) is 0.864. The highest BCUT2D eigenvalue weighted by atomic mass is 35.5. The van der Waals surface area contributed by atoms with Crippen LogP contribution in [0.1, 0.15) is 21.5 Å². The van der Waals surface area contributed by atoms with Gasteiger partial charge in [0.1, 0.15) is 11.5 Å². The molecule has 0 aliphatic rings. The minimum Gasteiger partial charge on any atom is -0.455 e. The van der Waals surface area contributed by atoms with Crippen LogP contribution in [0.15, 0.2) is 71.7 Å². The van der Waals surface area contributed by atoms with Gasteiger partial charge >= 0.3 is 0 Å². The minimum absolute atomic E-state index is 0.334. The lowest BCUT2D eigenvalue weighted by Crippen LogP contribution is -2.28. The second-order valence-corrected chi connectivity index (χ2v) is 9.72. The van der Waals surface area contributed by atoms with Gasteiger partial charge in [-0.05, 0) is 61.6 Å². The highest BCUT2D eigenvalue weighted by molar-refractivity contribution is 8.13. The van der Waals surface area contributed by atoms with Crippen molar-refractivity contribution in [2.24, 2.45) is 4.99 Å². The normalized spacial score (nSPS) is 11.5. The number of amides is 1. The van der Waals surface area contributed by atoms with Crippen LogP contribution in [0.4, 0.5) is 5.69 Å². The van der Waals surface area contributed by atoms with Gasteiger partial charge in [0.05, 0.1) is 21.3 Å². The Bertz CT molecular complexity index is 1470. The van der Waals surface area contributed by atoms with E-state index < -0.39 is 0 Å². The Hall–Kier alpha value is -2.70. The topological polar surface area (TPSA) is 50.7 Å². The number of rotatable bonds is 4. The molecule has 0 atom stereocenters. The average Bonchev–Trinajstić information content (AvgIpc) is 2.86. The smallest absolute Gasteiger partial charge is 0.258 e. The van der Waals surface area contributed by atoms with Gasteiger partial charge in [-0.15, -0.1) is 0 Å². The Morgan fingerprint density at radius 3 is 2.31 bits per heavy atom. The van der Waals surface area contributed by atoms with Crippen LogP contribution in [0, 0.1) is 13.8 Å². The molecule has 0 radical (unpaired) electrons. The standard InChI is InChI=1S/C27H21Cl3N2O2S/c1-15-14-22(31-27(35-3)32-26(33)19-10-6-7-11-20(19)28)16(2)24(30)25(15)34-23-13-12-21(29)17-8-4-5-9-18(17)23/h4-14H,1-3H3,(H,31,32,33). The van der Waals surface area contributed by atoms with E-state index in [9.17, 15) is 4.79 Å². The molecule has 4 aromatic rings. The molecule has 0 aliphatic carbocycles. The zero-order valence-electron chi connectivity index (χ0n) is 19.2. The number of hydrogen-bond acceptors (Lipinski definition) is 4. The van der Waals surface area contributed by atoms with E-state index in [-0.39, 0.29) is 5.91 Å². The van der Waals surface area contributed by atoms with Crippen molar-refractivity contribution in [3.05, 3.63) is 98.5 Å². The lowest BCUT2D eigenvalue weighted by atomic mass is 10.1. The molecule has 4 nitrogen and oxygen atoms in total. The second-order valence-electron chi connectivity index (χ2n) is 7.73. The summed E-state index contributed by atoms with van der Waals surface area (Å²) in [6.45, 7) is 3.76. The quantitative estimate of drug-likeness (QED) is 0.206. The van der Waals surface area contributed by atoms with Crippen LogP contribution in [0.2, 0.25) is 15.1 Å². The molecule has 1 N–H and O–H groups in total. The van der Waals surface area contributed by atoms with Crippen LogP contribution in [0.3, 0.4) is 0 Å². The first-order chi connectivity index (χ1) is 16.8. The van der Waals surface area contributed by atoms with Crippen LogP contribution >= 0.6 is 46.6 Å². The molecule has 0 saturated carbocycles. The molecule has 4 rings (SSSR count). The van der Waals surface area contributed by atoms with Gasteiger partial charge in [-0.3, -0.25) is 4.79 Å². The van der Waals surface area contributed by atoms with Crippen molar-refractivity contribution in [3.63, 3.8) is 0 Å². The maximum Gasteiger partial charge on any atom is 0.258 e. The van der Waals surface area contributed by atoms with E-state index >= 15 is 0 Å². The van der Waals surface area contributed by atoms with Gasteiger partial charge in [0.15, 0.2) is 5.17 Å². The number of aliphatic imine (C=N–C) groups is 1. The molecule has 0 aromatic heterocycles. The molecule has 8 heteroatoms. The third-order valence-corrected chi connectivity index (χ3v) is 7.12. The molecular weight excluding hydrogens is 523 g/mol. The zero-order chi connectivity index (χ0) is 25.1. The summed E-state index contributed by atoms with van der Waals surface area (Å²) in [6.07, 6.45) is 1.83. The van der Waals surface area contributed by atoms with Crippen molar-refractivity contribution < 1.29 is 9.53 Å². The third kappa shape index (κ3) is 5.44. The fourth-order valence-corrected chi connectivity index (χ4v) is 4.67. The van der Waals surface area contributed by atoms with E-state index in [0.29, 0.717) is 43.0 Å². The van der Waals surface area contributed by atoms with Crippen molar-refractivity contribution in [3.8, 4) is 11.5 Å². The Morgan fingerprint density at radius 1 is 0.914 bits per heavy atom. The van der Waals surface area contributed by atoms with Crippen molar-refractivity contribution in [1.29, 1.82) is 0 Å². The first kappa shape index (κ1) is 25.4. The molecule has 178 valence electrons. The van der Waals surface area contributed by atoms with Crippen molar-refractivity contribution >= 4 is 74.1 Å². The number of benzene rings is 4. The summed E-state index contributed by atoms with van der Waals surface area (Å²) in [4.78, 5) is 17.3.